The van der Waals surface area contributed by atoms with Crippen molar-refractivity contribution in [2.45, 2.75) is 38.9 Å². The minimum atomic E-state index is -3.99. The van der Waals surface area contributed by atoms with Gasteiger partial charge in [-0.25, -0.2) is 9.18 Å². The Morgan fingerprint density at radius 1 is 1.77 bits per heavy atom. The zero-order chi connectivity index (χ0) is 16.4. The van der Waals surface area contributed by atoms with Gasteiger partial charge in [-0.05, 0) is 27.1 Å². The first kappa shape index (κ1) is 4.15. The van der Waals surface area contributed by atoms with E-state index in [-0.39, 0.29) is 4.90 Å². The monoisotopic (exact) mass is 196 g/mol. The van der Waals surface area contributed by atoms with Gasteiger partial charge in [0.1, 0.15) is 11.7 Å². The zero-order valence-electron chi connectivity index (χ0n) is 14.6. The number of carbonyl (C=O) groups excluding carboxylic acids is 1. The lowest BCUT2D eigenvalue weighted by atomic mass is 10.2. The van der Waals surface area contributed by atoms with Crippen LogP contribution >= 0.6 is 0 Å². The van der Waals surface area contributed by atoms with Crippen LogP contribution in [0.1, 0.15) is 36.7 Å². The lowest BCUT2D eigenvalue weighted by Crippen LogP contribution is -2.35. The quantitative estimate of drug-likeness (QED) is 0.592. The van der Waals surface area contributed by atoms with Gasteiger partial charge in [0.25, 0.3) is 0 Å². The molecule has 0 aliphatic carbocycles. The Bertz CT molecular complexity index is 407. The Morgan fingerprint density at radius 3 is 2.77 bits per heavy atom. The summed E-state index contributed by atoms with van der Waals surface area (Å²) in [5.41, 5.74) is -1.11. The summed E-state index contributed by atoms with van der Waals surface area (Å²) in [6.45, 7) is -2.60. The van der Waals surface area contributed by atoms with Crippen molar-refractivity contribution in [1.82, 2.24) is 4.90 Å². The maximum atomic E-state index is 14.1. The maximum Gasteiger partial charge on any atom is 0.410 e. The lowest BCUT2D eigenvalue weighted by Gasteiger charge is -2.23. The third-order valence-corrected chi connectivity index (χ3v) is 1.06. The average Bonchev–Trinajstić information content (AvgIpc) is 2.17. The summed E-state index contributed by atoms with van der Waals surface area (Å²) in [7, 11) is 0. The van der Waals surface area contributed by atoms with E-state index in [4.69, 9.17) is 14.3 Å². The molecule has 1 atom stereocenters. The molecule has 0 aromatic rings. The van der Waals surface area contributed by atoms with Crippen LogP contribution in [0.15, 0.2) is 0 Å². The normalized spacial score (nSPS) is 48.6. The van der Waals surface area contributed by atoms with Crippen molar-refractivity contribution in [2.75, 3.05) is 13.0 Å². The van der Waals surface area contributed by atoms with Gasteiger partial charge < -0.3 is 9.64 Å². The minimum absolute atomic E-state index is 0.321. The number of likely N-dealkylation sites (tertiary alicyclic amines) is 1. The van der Waals surface area contributed by atoms with E-state index >= 15 is 0 Å². The Balaban J connectivity index is 3.36. The van der Waals surface area contributed by atoms with Gasteiger partial charge in [0.2, 0.25) is 0 Å². The van der Waals surface area contributed by atoms with Gasteiger partial charge in [-0.15, -0.1) is 0 Å². The first-order valence-electron chi connectivity index (χ1n) is 7.22. The third-order valence-electron chi connectivity index (χ3n) is 1.06. The van der Waals surface area contributed by atoms with Crippen LogP contribution in [0, 0.1) is 0 Å². The molecule has 0 saturated carbocycles. The summed E-state index contributed by atoms with van der Waals surface area (Å²) < 4.78 is 70.7. The molecule has 0 spiro atoms. The number of alkyl halides is 1. The van der Waals surface area contributed by atoms with Gasteiger partial charge in [-0.2, -0.15) is 0 Å². The molecule has 0 aromatic carbocycles. The molecule has 1 aliphatic rings. The fourth-order valence-corrected chi connectivity index (χ4v) is 0.658. The van der Waals surface area contributed by atoms with E-state index in [0.29, 0.717) is 0 Å². The Hall–Kier alpha value is -0.800. The third kappa shape index (κ3) is 3.20. The second-order valence-electron chi connectivity index (χ2n) is 3.48. The molecule has 1 heterocycles. The molecule has 1 rings (SSSR count). The second-order valence-corrected chi connectivity index (χ2v) is 3.48. The van der Waals surface area contributed by atoms with Crippen molar-refractivity contribution in [3.63, 3.8) is 0 Å². The summed E-state index contributed by atoms with van der Waals surface area (Å²) in [5.74, 6) is 0. The first-order chi connectivity index (χ1) is 8.50. The summed E-state index contributed by atoms with van der Waals surface area (Å²) >= 11 is 0. The SMILES string of the molecule is [2H]C1([2H])N(C(=O)OC(C)(C)C)C([2H])([2H])C([2H])(F)C1([2H])[2H]. The van der Waals surface area contributed by atoms with E-state index in [1.165, 1.54) is 20.8 Å². The minimum Gasteiger partial charge on any atom is -0.444 e. The van der Waals surface area contributed by atoms with Crippen molar-refractivity contribution in [2.24, 2.45) is 0 Å². The van der Waals surface area contributed by atoms with Crippen LogP contribution < -0.4 is 0 Å². The van der Waals surface area contributed by atoms with Crippen LogP contribution in [-0.4, -0.2) is 35.7 Å². The van der Waals surface area contributed by atoms with Crippen LogP contribution in [0.2, 0.25) is 0 Å². The highest BCUT2D eigenvalue weighted by Gasteiger charge is 2.29. The Morgan fingerprint density at radius 2 is 2.38 bits per heavy atom. The van der Waals surface area contributed by atoms with Crippen molar-refractivity contribution < 1.29 is 23.5 Å². The standard InChI is InChI=1S/C9H16FNO2/c1-9(2,3)13-8(12)11-5-4-7(10)6-11/h7H,4-6H2,1-3H3/i4D2,5D2,6D2,7D. The van der Waals surface area contributed by atoms with E-state index in [0.717, 1.165) is 0 Å². The zero-order valence-corrected chi connectivity index (χ0v) is 7.64. The van der Waals surface area contributed by atoms with Crippen molar-refractivity contribution in [3.8, 4) is 0 Å². The number of hydrogen-bond donors (Lipinski definition) is 0. The van der Waals surface area contributed by atoms with Crippen LogP contribution in [0.4, 0.5) is 9.18 Å². The van der Waals surface area contributed by atoms with E-state index in [9.17, 15) is 9.18 Å². The average molecular weight is 196 g/mol. The second kappa shape index (κ2) is 3.52. The molecule has 1 aliphatic heterocycles. The predicted octanol–water partition coefficient (Wildman–Crippen LogP) is 1.97. The van der Waals surface area contributed by atoms with Crippen LogP contribution in [-0.2, 0) is 4.74 Å². The number of ether oxygens (including phenoxy) is 1. The van der Waals surface area contributed by atoms with Crippen LogP contribution in [0.3, 0.4) is 0 Å². The predicted molar refractivity (Wildman–Crippen MR) is 47.3 cm³/mol. The fourth-order valence-electron chi connectivity index (χ4n) is 0.658. The van der Waals surface area contributed by atoms with Crippen LogP contribution in [0.5, 0.6) is 0 Å². The molecule has 0 bridgehead atoms. The van der Waals surface area contributed by atoms with Crippen molar-refractivity contribution >= 4 is 6.09 Å². The number of hydrogen-bond acceptors (Lipinski definition) is 2. The molecular formula is C9H16FNO2. The molecule has 0 aromatic heterocycles. The van der Waals surface area contributed by atoms with E-state index in [1.54, 1.807) is 0 Å². The van der Waals surface area contributed by atoms with Gasteiger partial charge in [0.05, 0.1) is 10.6 Å². The highest BCUT2D eigenvalue weighted by Crippen LogP contribution is 2.16. The molecule has 1 amide bonds. The van der Waals surface area contributed by atoms with Gasteiger partial charge >= 0.3 is 6.09 Å². The molecule has 13 heavy (non-hydrogen) atoms. The summed E-state index contributed by atoms with van der Waals surface area (Å²) in [6, 6.07) is 0. The van der Waals surface area contributed by atoms with Gasteiger partial charge in [-0.3, -0.25) is 0 Å². The molecule has 0 radical (unpaired) electrons. The fraction of sp³-hybridized carbons (Fsp3) is 0.889. The van der Waals surface area contributed by atoms with Crippen LogP contribution in [0.25, 0.3) is 0 Å². The van der Waals surface area contributed by atoms with Gasteiger partial charge in [-0.1, -0.05) is 0 Å². The van der Waals surface area contributed by atoms with E-state index in [1.807, 2.05) is 0 Å². The largest absolute Gasteiger partial charge is 0.444 e. The van der Waals surface area contributed by atoms with Crippen molar-refractivity contribution in [1.29, 1.82) is 0 Å². The first-order valence-corrected chi connectivity index (χ1v) is 3.72. The lowest BCUT2D eigenvalue weighted by molar-refractivity contribution is 0.0284. The number of halogens is 1. The molecule has 4 heteroatoms. The van der Waals surface area contributed by atoms with Gasteiger partial charge in [0, 0.05) is 12.0 Å². The molecule has 1 saturated heterocycles. The summed E-state index contributed by atoms with van der Waals surface area (Å²) in [6.07, 6.45) is -9.12. The Labute approximate surface area is 87.7 Å². The molecule has 3 nitrogen and oxygen atoms in total. The summed E-state index contributed by atoms with van der Waals surface area (Å²) in [5, 5.41) is 0. The number of amides is 1. The smallest absolute Gasteiger partial charge is 0.410 e. The Kier molecular flexibility index (Phi) is 1.12. The molecule has 0 N–H and O–H groups in total. The number of nitrogens with zero attached hydrogens (tertiary/aromatic N) is 1. The number of rotatable bonds is 0. The number of carbonyl (C=O) groups is 1. The molecular weight excluding hydrogens is 173 g/mol. The van der Waals surface area contributed by atoms with Crippen molar-refractivity contribution in [3.05, 3.63) is 0 Å². The highest BCUT2D eigenvalue weighted by molar-refractivity contribution is 5.68. The highest BCUT2D eigenvalue weighted by atomic mass is 19.1. The molecule has 1 fully saturated rings. The van der Waals surface area contributed by atoms with E-state index in [2.05, 4.69) is 0 Å². The molecule has 76 valence electrons. The topological polar surface area (TPSA) is 29.5 Å². The summed E-state index contributed by atoms with van der Waals surface area (Å²) in [4.78, 5) is 11.6. The van der Waals surface area contributed by atoms with E-state index < -0.39 is 37.2 Å². The molecule has 1 unspecified atom stereocenters. The maximum absolute atomic E-state index is 14.1. The van der Waals surface area contributed by atoms with Gasteiger partial charge in [0.15, 0.2) is 0 Å².